The van der Waals surface area contributed by atoms with Crippen molar-refractivity contribution in [3.05, 3.63) is 45.5 Å². The Bertz CT molecular complexity index is 861. The third-order valence-corrected chi connectivity index (χ3v) is 6.66. The van der Waals surface area contributed by atoms with E-state index in [1.807, 2.05) is 0 Å². The summed E-state index contributed by atoms with van der Waals surface area (Å²) in [7, 11) is -4.00. The lowest BCUT2D eigenvalue weighted by Gasteiger charge is -2.05. The van der Waals surface area contributed by atoms with E-state index in [9.17, 15) is 23.3 Å². The summed E-state index contributed by atoms with van der Waals surface area (Å²) in [5, 5.41) is 11.1. The first-order chi connectivity index (χ1) is 10.7. The van der Waals surface area contributed by atoms with Crippen LogP contribution in [-0.4, -0.2) is 18.5 Å². The molecule has 23 heavy (non-hydrogen) atoms. The van der Waals surface area contributed by atoms with Gasteiger partial charge in [0.2, 0.25) is 0 Å². The van der Waals surface area contributed by atoms with Crippen molar-refractivity contribution < 1.29 is 18.1 Å². The number of sulfonamides is 1. The second kappa shape index (κ2) is 6.87. The number of hydrogen-bond donors (Lipinski definition) is 1. The van der Waals surface area contributed by atoms with Crippen LogP contribution < -0.4 is 4.72 Å². The number of carbonyl (C=O) groups is 1. The molecule has 1 heterocycles. The van der Waals surface area contributed by atoms with Gasteiger partial charge >= 0.3 is 0 Å². The van der Waals surface area contributed by atoms with Gasteiger partial charge in [-0.05, 0) is 36.0 Å². The first-order valence-corrected chi connectivity index (χ1v) is 9.43. The molecular weight excluding hydrogens is 384 g/mol. The van der Waals surface area contributed by atoms with E-state index in [4.69, 9.17) is 11.6 Å². The van der Waals surface area contributed by atoms with Crippen LogP contribution in [0.15, 0.2) is 38.8 Å². The lowest BCUT2D eigenvalue weighted by Crippen LogP contribution is -2.11. The number of thiophene rings is 1. The second-order valence-corrected chi connectivity index (χ2v) is 9.04. The third-order valence-electron chi connectivity index (χ3n) is 2.45. The van der Waals surface area contributed by atoms with Crippen LogP contribution in [0, 0.1) is 10.1 Å². The molecule has 1 aromatic heterocycles. The number of nitrogens with one attached hydrogen (secondary N) is 1. The molecule has 2 rings (SSSR count). The van der Waals surface area contributed by atoms with Gasteiger partial charge in [0.05, 0.1) is 4.92 Å². The molecule has 1 N–H and O–H groups in total. The maximum atomic E-state index is 12.3. The Hall–Kier alpha value is -1.62. The zero-order valence-corrected chi connectivity index (χ0v) is 14.7. The molecule has 0 aliphatic heterocycles. The van der Waals surface area contributed by atoms with Crippen LogP contribution in [0.25, 0.3) is 0 Å². The quantitative estimate of drug-likeness (QED) is 0.471. The van der Waals surface area contributed by atoms with Gasteiger partial charge in [-0.2, -0.15) is 0 Å². The Balaban J connectivity index is 2.37. The molecule has 0 unspecified atom stereocenters. The maximum Gasteiger partial charge on any atom is 0.295 e. The van der Waals surface area contributed by atoms with Gasteiger partial charge < -0.3 is 0 Å². The number of nitro groups is 1. The first-order valence-electron chi connectivity index (χ1n) is 5.94. The van der Waals surface area contributed by atoms with Crippen LogP contribution in [0.5, 0.6) is 0 Å². The normalized spacial score (nSPS) is 11.2. The van der Waals surface area contributed by atoms with Crippen LogP contribution in [-0.2, 0) is 14.8 Å². The van der Waals surface area contributed by atoms with E-state index < -0.39 is 20.6 Å². The third kappa shape index (κ3) is 4.44. The number of anilines is 1. The van der Waals surface area contributed by atoms with E-state index in [1.165, 1.54) is 31.2 Å². The highest BCUT2D eigenvalue weighted by Crippen LogP contribution is 2.40. The Morgan fingerprint density at radius 3 is 2.48 bits per heavy atom. The second-order valence-electron chi connectivity index (χ2n) is 4.20. The standard InChI is InChI=1S/C12H9ClN2O5S3/c1-7(16)21-12-10(15(17)18)6-11(22-12)23(19,20)14-9-4-2-8(13)3-5-9/h2-6,14H,1H3. The molecule has 7 nitrogen and oxygen atoms in total. The molecule has 0 spiro atoms. The summed E-state index contributed by atoms with van der Waals surface area (Å²) in [6, 6.07) is 6.88. The summed E-state index contributed by atoms with van der Waals surface area (Å²) in [6.07, 6.45) is 0. The summed E-state index contributed by atoms with van der Waals surface area (Å²) in [6.45, 7) is 1.24. The zero-order valence-electron chi connectivity index (χ0n) is 11.5. The summed E-state index contributed by atoms with van der Waals surface area (Å²) >= 11 is 7.02. The average Bonchev–Trinajstić information content (AvgIpc) is 2.85. The van der Waals surface area contributed by atoms with Crippen molar-refractivity contribution in [1.82, 2.24) is 0 Å². The van der Waals surface area contributed by atoms with Crippen LogP contribution in [0.3, 0.4) is 0 Å². The van der Waals surface area contributed by atoms with Crippen LogP contribution in [0.4, 0.5) is 11.4 Å². The van der Waals surface area contributed by atoms with Gasteiger partial charge in [-0.15, -0.1) is 11.3 Å². The highest BCUT2D eigenvalue weighted by molar-refractivity contribution is 8.15. The van der Waals surface area contributed by atoms with Crippen LogP contribution in [0.1, 0.15) is 6.92 Å². The summed E-state index contributed by atoms with van der Waals surface area (Å²) in [4.78, 5) is 21.4. The van der Waals surface area contributed by atoms with E-state index in [1.54, 1.807) is 0 Å². The summed E-state index contributed by atoms with van der Waals surface area (Å²) in [5.41, 5.74) is -0.141. The van der Waals surface area contributed by atoms with E-state index in [2.05, 4.69) is 4.72 Å². The Morgan fingerprint density at radius 2 is 1.96 bits per heavy atom. The fourth-order valence-corrected chi connectivity index (χ4v) is 5.32. The van der Waals surface area contributed by atoms with Crippen molar-refractivity contribution in [2.45, 2.75) is 15.3 Å². The monoisotopic (exact) mass is 392 g/mol. The molecule has 1 aromatic carbocycles. The number of benzene rings is 1. The highest BCUT2D eigenvalue weighted by Gasteiger charge is 2.27. The van der Waals surface area contributed by atoms with Crippen molar-refractivity contribution in [3.8, 4) is 0 Å². The Morgan fingerprint density at radius 1 is 1.35 bits per heavy atom. The minimum atomic E-state index is -4.00. The molecule has 0 amide bonds. The maximum absolute atomic E-state index is 12.3. The molecular formula is C12H9ClN2O5S3. The molecule has 0 bridgehead atoms. The number of hydrogen-bond acceptors (Lipinski definition) is 7. The molecule has 0 aliphatic carbocycles. The van der Waals surface area contributed by atoms with E-state index in [-0.39, 0.29) is 19.2 Å². The van der Waals surface area contributed by atoms with Gasteiger partial charge in [-0.3, -0.25) is 19.6 Å². The minimum Gasteiger partial charge on any atom is -0.287 e. The predicted molar refractivity (Wildman–Crippen MR) is 89.8 cm³/mol. The van der Waals surface area contributed by atoms with E-state index >= 15 is 0 Å². The number of halogens is 1. The number of thioether (sulfide) groups is 1. The molecule has 0 radical (unpaired) electrons. The van der Waals surface area contributed by atoms with Crippen molar-refractivity contribution >= 4 is 61.2 Å². The minimum absolute atomic E-state index is 0.0268. The molecule has 122 valence electrons. The van der Waals surface area contributed by atoms with Gasteiger partial charge in [-0.1, -0.05) is 11.6 Å². The van der Waals surface area contributed by atoms with Crippen molar-refractivity contribution in [2.24, 2.45) is 0 Å². The molecule has 0 fully saturated rings. The van der Waals surface area contributed by atoms with Crippen LogP contribution in [0.2, 0.25) is 5.02 Å². The van der Waals surface area contributed by atoms with Gasteiger partial charge in [0.15, 0.2) is 5.12 Å². The number of carbonyl (C=O) groups excluding carboxylic acids is 1. The van der Waals surface area contributed by atoms with Crippen molar-refractivity contribution in [3.63, 3.8) is 0 Å². The number of rotatable bonds is 5. The zero-order chi connectivity index (χ0) is 17.2. The fraction of sp³-hybridized carbons (Fsp3) is 0.0833. The van der Waals surface area contributed by atoms with Gasteiger partial charge in [0, 0.05) is 23.7 Å². The van der Waals surface area contributed by atoms with Gasteiger partial charge in [0.1, 0.15) is 8.42 Å². The largest absolute Gasteiger partial charge is 0.295 e. The van der Waals surface area contributed by atoms with Crippen molar-refractivity contribution in [1.29, 1.82) is 0 Å². The first kappa shape index (κ1) is 17.7. The smallest absolute Gasteiger partial charge is 0.287 e. The summed E-state index contributed by atoms with van der Waals surface area (Å²) in [5.74, 6) is 0. The lowest BCUT2D eigenvalue weighted by atomic mass is 10.3. The molecule has 0 atom stereocenters. The predicted octanol–water partition coefficient (Wildman–Crippen LogP) is 3.75. The van der Waals surface area contributed by atoms with Gasteiger partial charge in [0.25, 0.3) is 15.7 Å². The number of nitrogens with zero attached hydrogens (tertiary/aromatic N) is 1. The van der Waals surface area contributed by atoms with Crippen LogP contribution >= 0.6 is 34.7 Å². The fourth-order valence-electron chi connectivity index (χ4n) is 1.53. The molecule has 0 saturated carbocycles. The molecule has 11 heteroatoms. The topological polar surface area (TPSA) is 106 Å². The SMILES string of the molecule is CC(=O)Sc1sc(S(=O)(=O)Nc2ccc(Cl)cc2)cc1[N+](=O)[O-]. The molecule has 0 saturated heterocycles. The average molecular weight is 393 g/mol. The van der Waals surface area contributed by atoms with Gasteiger partial charge in [-0.25, -0.2) is 8.42 Å². The Labute approximate surface area is 144 Å². The highest BCUT2D eigenvalue weighted by atomic mass is 35.5. The van der Waals surface area contributed by atoms with E-state index in [0.29, 0.717) is 28.1 Å². The van der Waals surface area contributed by atoms with E-state index in [0.717, 1.165) is 6.07 Å². The molecule has 2 aromatic rings. The van der Waals surface area contributed by atoms with Crippen molar-refractivity contribution in [2.75, 3.05) is 4.72 Å². The Kier molecular flexibility index (Phi) is 5.30. The molecule has 0 aliphatic rings. The lowest BCUT2D eigenvalue weighted by molar-refractivity contribution is -0.387. The summed E-state index contributed by atoms with van der Waals surface area (Å²) < 4.78 is 26.7.